The molecule has 8 nitrogen and oxygen atoms in total. The second-order valence-corrected chi connectivity index (χ2v) is 7.84. The highest BCUT2D eigenvalue weighted by atomic mass is 32.2. The number of hydrogen-bond acceptors (Lipinski definition) is 6. The minimum atomic E-state index is -0.160. The molecule has 2 amide bonds. The number of nitrogens with zero attached hydrogens (tertiary/aromatic N) is 3. The van der Waals surface area contributed by atoms with E-state index in [1.54, 1.807) is 31.4 Å². The maximum atomic E-state index is 12.2. The van der Waals surface area contributed by atoms with Crippen LogP contribution in [-0.2, 0) is 18.3 Å². The molecule has 0 aliphatic carbocycles. The van der Waals surface area contributed by atoms with Crippen molar-refractivity contribution in [2.24, 2.45) is 7.05 Å². The lowest BCUT2D eigenvalue weighted by Crippen LogP contribution is -2.26. The maximum absolute atomic E-state index is 12.2. The molecule has 0 aliphatic rings. The normalized spacial score (nSPS) is 10.5. The summed E-state index contributed by atoms with van der Waals surface area (Å²) in [5.41, 5.74) is 2.47. The smallest absolute Gasteiger partial charge is 0.251 e. The van der Waals surface area contributed by atoms with E-state index < -0.39 is 0 Å². The third-order valence-electron chi connectivity index (χ3n) is 4.58. The Kier molecular flexibility index (Phi) is 7.66. The van der Waals surface area contributed by atoms with Crippen molar-refractivity contribution in [3.05, 3.63) is 65.5 Å². The molecule has 0 aliphatic heterocycles. The second-order valence-electron chi connectivity index (χ2n) is 6.90. The molecule has 2 N–H and O–H groups in total. The van der Waals surface area contributed by atoms with E-state index in [0.29, 0.717) is 29.4 Å². The van der Waals surface area contributed by atoms with E-state index in [1.165, 1.54) is 11.8 Å². The van der Waals surface area contributed by atoms with Crippen molar-refractivity contribution in [2.75, 3.05) is 24.7 Å². The van der Waals surface area contributed by atoms with Gasteiger partial charge in [-0.25, -0.2) is 0 Å². The molecule has 0 atom stereocenters. The fraction of sp³-hybridized carbons (Fsp3) is 0.273. The molecule has 0 saturated heterocycles. The Bertz CT molecular complexity index is 1030. The number of aromatic nitrogens is 3. The highest BCUT2D eigenvalue weighted by Crippen LogP contribution is 2.17. The van der Waals surface area contributed by atoms with Crippen LogP contribution in [0.25, 0.3) is 0 Å². The number of ether oxygens (including phenoxy) is 1. The lowest BCUT2D eigenvalue weighted by atomic mass is 10.2. The molecule has 162 valence electrons. The van der Waals surface area contributed by atoms with E-state index in [4.69, 9.17) is 4.74 Å². The van der Waals surface area contributed by atoms with Crippen LogP contribution in [0.5, 0.6) is 5.75 Å². The molecule has 31 heavy (non-hydrogen) atoms. The van der Waals surface area contributed by atoms with Gasteiger partial charge in [0.1, 0.15) is 11.6 Å². The van der Waals surface area contributed by atoms with Gasteiger partial charge >= 0.3 is 0 Å². The SMILES string of the molecule is COc1ccc(C(=O)NCCc2nnc(SCC(=O)Nc3ccc(C)cc3)n2C)cc1. The third kappa shape index (κ3) is 6.32. The number of benzene rings is 2. The first-order valence-electron chi connectivity index (χ1n) is 9.76. The molecule has 9 heteroatoms. The summed E-state index contributed by atoms with van der Waals surface area (Å²) < 4.78 is 6.93. The van der Waals surface area contributed by atoms with Crippen molar-refractivity contribution in [2.45, 2.75) is 18.5 Å². The minimum Gasteiger partial charge on any atom is -0.497 e. The van der Waals surface area contributed by atoms with E-state index in [2.05, 4.69) is 20.8 Å². The highest BCUT2D eigenvalue weighted by Gasteiger charge is 2.12. The van der Waals surface area contributed by atoms with Crippen molar-refractivity contribution in [1.82, 2.24) is 20.1 Å². The number of aryl methyl sites for hydroxylation is 1. The van der Waals surface area contributed by atoms with Gasteiger partial charge in [-0.3, -0.25) is 9.59 Å². The molecular formula is C22H25N5O3S. The number of thioether (sulfide) groups is 1. The quantitative estimate of drug-likeness (QED) is 0.498. The van der Waals surface area contributed by atoms with Gasteiger partial charge in [0.05, 0.1) is 12.9 Å². The van der Waals surface area contributed by atoms with Gasteiger partial charge in [-0.1, -0.05) is 29.5 Å². The first-order valence-corrected chi connectivity index (χ1v) is 10.7. The first-order chi connectivity index (χ1) is 15.0. The average molecular weight is 440 g/mol. The van der Waals surface area contributed by atoms with Gasteiger partial charge in [-0.05, 0) is 43.3 Å². The van der Waals surface area contributed by atoms with Crippen LogP contribution < -0.4 is 15.4 Å². The van der Waals surface area contributed by atoms with Gasteiger partial charge in [0.25, 0.3) is 5.91 Å². The van der Waals surface area contributed by atoms with Crippen LogP contribution in [0.4, 0.5) is 5.69 Å². The van der Waals surface area contributed by atoms with Crippen LogP contribution in [0.15, 0.2) is 53.7 Å². The summed E-state index contributed by atoms with van der Waals surface area (Å²) >= 11 is 1.32. The van der Waals surface area contributed by atoms with Gasteiger partial charge in [0, 0.05) is 31.3 Å². The van der Waals surface area contributed by atoms with Gasteiger partial charge in [0.15, 0.2) is 5.16 Å². The molecule has 3 aromatic rings. The number of nitrogens with one attached hydrogen (secondary N) is 2. The second kappa shape index (κ2) is 10.6. The standard InChI is InChI=1S/C22H25N5O3S/c1-15-4-8-17(9-5-15)24-20(28)14-31-22-26-25-19(27(22)2)12-13-23-21(29)16-6-10-18(30-3)11-7-16/h4-11H,12-14H2,1-3H3,(H,23,29)(H,24,28). The Morgan fingerprint density at radius 3 is 2.45 bits per heavy atom. The Labute approximate surface area is 185 Å². The summed E-state index contributed by atoms with van der Waals surface area (Å²) in [5.74, 6) is 1.40. The third-order valence-corrected chi connectivity index (χ3v) is 5.60. The van der Waals surface area contributed by atoms with Crippen LogP contribution >= 0.6 is 11.8 Å². The summed E-state index contributed by atoms with van der Waals surface area (Å²) in [6.45, 7) is 2.42. The molecular weight excluding hydrogens is 414 g/mol. The van der Waals surface area contributed by atoms with Gasteiger partial charge < -0.3 is 19.9 Å². The zero-order chi connectivity index (χ0) is 22.2. The minimum absolute atomic E-state index is 0.106. The molecule has 0 saturated carbocycles. The van der Waals surface area contributed by atoms with E-state index in [0.717, 1.165) is 17.1 Å². The molecule has 0 bridgehead atoms. The molecule has 3 rings (SSSR count). The fourth-order valence-corrected chi connectivity index (χ4v) is 3.51. The zero-order valence-corrected chi connectivity index (χ0v) is 18.5. The molecule has 0 spiro atoms. The molecule has 0 fully saturated rings. The number of anilines is 1. The summed E-state index contributed by atoms with van der Waals surface area (Å²) in [5, 5.41) is 14.7. The summed E-state index contributed by atoms with van der Waals surface area (Å²) in [7, 11) is 3.43. The maximum Gasteiger partial charge on any atom is 0.251 e. The van der Waals surface area contributed by atoms with E-state index >= 15 is 0 Å². The lowest BCUT2D eigenvalue weighted by Gasteiger charge is -2.07. The van der Waals surface area contributed by atoms with Crippen LogP contribution in [-0.4, -0.2) is 46.0 Å². The number of methoxy groups -OCH3 is 1. The van der Waals surface area contributed by atoms with Crippen molar-refractivity contribution in [3.8, 4) is 5.75 Å². The molecule has 1 aromatic heterocycles. The van der Waals surface area contributed by atoms with Crippen LogP contribution in [0.3, 0.4) is 0 Å². The highest BCUT2D eigenvalue weighted by molar-refractivity contribution is 7.99. The van der Waals surface area contributed by atoms with Crippen LogP contribution in [0, 0.1) is 6.92 Å². The van der Waals surface area contributed by atoms with E-state index in [9.17, 15) is 9.59 Å². The zero-order valence-electron chi connectivity index (χ0n) is 17.7. The molecule has 2 aromatic carbocycles. The predicted molar refractivity (Wildman–Crippen MR) is 121 cm³/mol. The number of hydrogen-bond donors (Lipinski definition) is 2. The monoisotopic (exact) mass is 439 g/mol. The first kappa shape index (κ1) is 22.4. The van der Waals surface area contributed by atoms with Crippen LogP contribution in [0.1, 0.15) is 21.7 Å². The lowest BCUT2D eigenvalue weighted by molar-refractivity contribution is -0.113. The number of amides is 2. The van der Waals surface area contributed by atoms with Gasteiger partial charge in [0.2, 0.25) is 5.91 Å². The van der Waals surface area contributed by atoms with Crippen molar-refractivity contribution in [3.63, 3.8) is 0 Å². The van der Waals surface area contributed by atoms with E-state index in [-0.39, 0.29) is 17.6 Å². The van der Waals surface area contributed by atoms with E-state index in [1.807, 2.05) is 42.8 Å². The van der Waals surface area contributed by atoms with Crippen molar-refractivity contribution >= 4 is 29.3 Å². The van der Waals surface area contributed by atoms with Gasteiger partial charge in [-0.15, -0.1) is 10.2 Å². The summed E-state index contributed by atoms with van der Waals surface area (Å²) in [4.78, 5) is 24.4. The number of rotatable bonds is 9. The fourth-order valence-electron chi connectivity index (χ4n) is 2.78. The largest absolute Gasteiger partial charge is 0.497 e. The Morgan fingerprint density at radius 1 is 1.06 bits per heavy atom. The molecule has 0 unspecified atom stereocenters. The van der Waals surface area contributed by atoms with Crippen molar-refractivity contribution < 1.29 is 14.3 Å². The Morgan fingerprint density at radius 2 is 1.77 bits per heavy atom. The predicted octanol–water partition coefficient (Wildman–Crippen LogP) is 2.84. The number of carbonyl (C=O) groups excluding carboxylic acids is 2. The van der Waals surface area contributed by atoms with Gasteiger partial charge in [-0.2, -0.15) is 0 Å². The molecule has 1 heterocycles. The Balaban J connectivity index is 1.45. The summed E-state index contributed by atoms with van der Waals surface area (Å²) in [6.07, 6.45) is 0.529. The molecule has 0 radical (unpaired) electrons. The topological polar surface area (TPSA) is 98.1 Å². The Hall–Kier alpha value is -3.33. The van der Waals surface area contributed by atoms with Crippen molar-refractivity contribution in [1.29, 1.82) is 0 Å². The van der Waals surface area contributed by atoms with Crippen LogP contribution in [0.2, 0.25) is 0 Å². The summed E-state index contributed by atoms with van der Waals surface area (Å²) in [6, 6.07) is 14.6. The average Bonchev–Trinajstić information content (AvgIpc) is 3.13. The number of carbonyl (C=O) groups is 2.